The van der Waals surface area contributed by atoms with E-state index in [1.54, 1.807) is 6.07 Å². The summed E-state index contributed by atoms with van der Waals surface area (Å²) in [4.78, 5) is 4.30. The van der Waals surface area contributed by atoms with E-state index in [2.05, 4.69) is 10.3 Å². The topological polar surface area (TPSA) is 24.9 Å². The van der Waals surface area contributed by atoms with Gasteiger partial charge in [-0.1, -0.05) is 18.2 Å². The molecule has 1 heterocycles. The Kier molecular flexibility index (Phi) is 2.92. The fourth-order valence-corrected chi connectivity index (χ4v) is 1.54. The van der Waals surface area contributed by atoms with Gasteiger partial charge in [0.05, 0.1) is 0 Å². The van der Waals surface area contributed by atoms with Crippen molar-refractivity contribution in [3.05, 3.63) is 41.8 Å². The van der Waals surface area contributed by atoms with Crippen LogP contribution in [0.5, 0.6) is 0 Å². The Balaban J connectivity index is 2.41. The molecule has 0 amide bonds. The highest BCUT2D eigenvalue weighted by Crippen LogP contribution is 2.15. The van der Waals surface area contributed by atoms with E-state index >= 15 is 0 Å². The van der Waals surface area contributed by atoms with Crippen LogP contribution >= 0.6 is 0 Å². The highest BCUT2D eigenvalue weighted by molar-refractivity contribution is 5.79. The summed E-state index contributed by atoms with van der Waals surface area (Å²) in [5, 5.41) is 3.90. The van der Waals surface area contributed by atoms with Gasteiger partial charge in [0, 0.05) is 24.0 Å². The number of nitrogens with one attached hydrogen (secondary N) is 1. The summed E-state index contributed by atoms with van der Waals surface area (Å²) in [5.74, 6) is -0.251. The Morgan fingerprint density at radius 2 is 2.13 bits per heavy atom. The highest BCUT2D eigenvalue weighted by Gasteiger charge is 2.02. The van der Waals surface area contributed by atoms with Crippen molar-refractivity contribution in [3.63, 3.8) is 0 Å². The van der Waals surface area contributed by atoms with E-state index in [0.29, 0.717) is 5.52 Å². The largest absolute Gasteiger partial charge is 0.319 e. The maximum atomic E-state index is 13.4. The second-order valence-corrected chi connectivity index (χ2v) is 3.47. The average molecular weight is 204 g/mol. The van der Waals surface area contributed by atoms with Gasteiger partial charge < -0.3 is 5.32 Å². The summed E-state index contributed by atoms with van der Waals surface area (Å²) in [5.41, 5.74) is 1.38. The van der Waals surface area contributed by atoms with Gasteiger partial charge in [-0.25, -0.2) is 9.37 Å². The van der Waals surface area contributed by atoms with Crippen LogP contribution in [-0.2, 0) is 6.42 Å². The predicted octanol–water partition coefficient (Wildman–Crippen LogP) is 2.14. The van der Waals surface area contributed by atoms with Crippen LogP contribution in [-0.4, -0.2) is 18.6 Å². The molecule has 15 heavy (non-hydrogen) atoms. The van der Waals surface area contributed by atoms with Crippen molar-refractivity contribution in [3.8, 4) is 0 Å². The fourth-order valence-electron chi connectivity index (χ4n) is 1.54. The van der Waals surface area contributed by atoms with Crippen LogP contribution in [0.3, 0.4) is 0 Å². The van der Waals surface area contributed by atoms with Crippen LogP contribution in [0.15, 0.2) is 30.3 Å². The molecule has 2 aromatic rings. The minimum atomic E-state index is -0.251. The highest BCUT2D eigenvalue weighted by atomic mass is 19.1. The van der Waals surface area contributed by atoms with Crippen LogP contribution in [0, 0.1) is 5.82 Å². The molecule has 0 radical (unpaired) electrons. The third-order valence-corrected chi connectivity index (χ3v) is 2.36. The van der Waals surface area contributed by atoms with Gasteiger partial charge in [0.2, 0.25) is 0 Å². The third-order valence-electron chi connectivity index (χ3n) is 2.36. The van der Waals surface area contributed by atoms with E-state index in [1.165, 1.54) is 6.07 Å². The number of para-hydroxylation sites is 1. The molecule has 2 rings (SSSR count). The van der Waals surface area contributed by atoms with Crippen molar-refractivity contribution in [1.29, 1.82) is 0 Å². The van der Waals surface area contributed by atoms with E-state index in [0.717, 1.165) is 24.0 Å². The maximum absolute atomic E-state index is 13.4. The van der Waals surface area contributed by atoms with E-state index in [4.69, 9.17) is 0 Å². The number of hydrogen-bond donors (Lipinski definition) is 1. The van der Waals surface area contributed by atoms with E-state index in [1.807, 2.05) is 25.2 Å². The van der Waals surface area contributed by atoms with E-state index < -0.39 is 0 Å². The summed E-state index contributed by atoms with van der Waals surface area (Å²) in [6.45, 7) is 0.854. The van der Waals surface area contributed by atoms with Gasteiger partial charge in [-0.15, -0.1) is 0 Å². The number of aromatic nitrogens is 1. The van der Waals surface area contributed by atoms with E-state index in [-0.39, 0.29) is 5.82 Å². The second-order valence-electron chi connectivity index (χ2n) is 3.47. The lowest BCUT2D eigenvalue weighted by Crippen LogP contribution is -2.11. The zero-order valence-electron chi connectivity index (χ0n) is 8.63. The molecular formula is C12H13FN2. The minimum absolute atomic E-state index is 0.251. The van der Waals surface area contributed by atoms with Crippen molar-refractivity contribution >= 4 is 10.9 Å². The van der Waals surface area contributed by atoms with Crippen LogP contribution in [0.2, 0.25) is 0 Å². The Morgan fingerprint density at radius 3 is 2.93 bits per heavy atom. The van der Waals surface area contributed by atoms with Gasteiger partial charge in [0.25, 0.3) is 0 Å². The van der Waals surface area contributed by atoms with Crippen molar-refractivity contribution in [2.24, 2.45) is 0 Å². The summed E-state index contributed by atoms with van der Waals surface area (Å²) in [6, 6.07) is 8.87. The van der Waals surface area contributed by atoms with Crippen LogP contribution in [0.25, 0.3) is 10.9 Å². The molecule has 3 heteroatoms. The van der Waals surface area contributed by atoms with Crippen molar-refractivity contribution in [2.45, 2.75) is 6.42 Å². The first-order valence-corrected chi connectivity index (χ1v) is 5.00. The summed E-state index contributed by atoms with van der Waals surface area (Å²) >= 11 is 0. The Hall–Kier alpha value is -1.48. The van der Waals surface area contributed by atoms with Crippen LogP contribution < -0.4 is 5.32 Å². The molecule has 1 N–H and O–H groups in total. The molecule has 1 aromatic heterocycles. The first-order valence-electron chi connectivity index (χ1n) is 5.00. The Bertz CT molecular complexity index is 468. The molecular weight excluding hydrogens is 191 g/mol. The monoisotopic (exact) mass is 204 g/mol. The van der Waals surface area contributed by atoms with Crippen molar-refractivity contribution in [1.82, 2.24) is 10.3 Å². The molecule has 2 nitrogen and oxygen atoms in total. The quantitative estimate of drug-likeness (QED) is 0.828. The number of rotatable bonds is 3. The van der Waals surface area contributed by atoms with Crippen LogP contribution in [0.4, 0.5) is 4.39 Å². The van der Waals surface area contributed by atoms with Crippen LogP contribution in [0.1, 0.15) is 5.69 Å². The van der Waals surface area contributed by atoms with Gasteiger partial charge in [0.1, 0.15) is 11.3 Å². The standard InChI is InChI=1S/C12H13FN2/c1-14-8-7-10-6-5-9-3-2-4-11(13)12(9)15-10/h2-6,14H,7-8H2,1H3. The smallest absolute Gasteiger partial charge is 0.149 e. The summed E-state index contributed by atoms with van der Waals surface area (Å²) < 4.78 is 13.4. The summed E-state index contributed by atoms with van der Waals surface area (Å²) in [6.07, 6.45) is 0.820. The van der Waals surface area contributed by atoms with Crippen molar-refractivity contribution < 1.29 is 4.39 Å². The van der Waals surface area contributed by atoms with Gasteiger partial charge >= 0.3 is 0 Å². The maximum Gasteiger partial charge on any atom is 0.149 e. The number of likely N-dealkylation sites (N-methyl/N-ethyl adjacent to an activating group) is 1. The fraction of sp³-hybridized carbons (Fsp3) is 0.250. The van der Waals surface area contributed by atoms with Gasteiger partial charge in [-0.3, -0.25) is 0 Å². The normalized spacial score (nSPS) is 10.8. The second kappa shape index (κ2) is 4.36. The molecule has 0 unspecified atom stereocenters. The third kappa shape index (κ3) is 2.13. The first kappa shape index (κ1) is 10.1. The molecule has 0 saturated heterocycles. The van der Waals surface area contributed by atoms with Gasteiger partial charge in [-0.05, 0) is 19.2 Å². The lowest BCUT2D eigenvalue weighted by atomic mass is 10.2. The molecule has 0 saturated carbocycles. The lowest BCUT2D eigenvalue weighted by molar-refractivity contribution is 0.636. The van der Waals surface area contributed by atoms with Gasteiger partial charge in [0.15, 0.2) is 0 Å². The Labute approximate surface area is 88.1 Å². The number of hydrogen-bond acceptors (Lipinski definition) is 2. The molecule has 0 atom stereocenters. The minimum Gasteiger partial charge on any atom is -0.319 e. The Morgan fingerprint density at radius 1 is 1.27 bits per heavy atom. The number of nitrogens with zero attached hydrogens (tertiary/aromatic N) is 1. The average Bonchev–Trinajstić information content (AvgIpc) is 2.27. The number of pyridine rings is 1. The molecule has 78 valence electrons. The zero-order chi connectivity index (χ0) is 10.7. The number of fused-ring (bicyclic) bond motifs is 1. The SMILES string of the molecule is CNCCc1ccc2cccc(F)c2n1. The van der Waals surface area contributed by atoms with Crippen molar-refractivity contribution in [2.75, 3.05) is 13.6 Å². The zero-order valence-corrected chi connectivity index (χ0v) is 8.63. The molecule has 0 aliphatic rings. The summed E-state index contributed by atoms with van der Waals surface area (Å²) in [7, 11) is 1.89. The van der Waals surface area contributed by atoms with E-state index in [9.17, 15) is 4.39 Å². The van der Waals surface area contributed by atoms with Gasteiger partial charge in [-0.2, -0.15) is 0 Å². The number of halogens is 1. The molecule has 0 aliphatic carbocycles. The molecule has 0 spiro atoms. The number of benzene rings is 1. The molecule has 0 aliphatic heterocycles. The predicted molar refractivity (Wildman–Crippen MR) is 59.3 cm³/mol. The first-order chi connectivity index (χ1) is 7.31. The lowest BCUT2D eigenvalue weighted by Gasteiger charge is -2.03. The molecule has 1 aromatic carbocycles. The molecule has 0 fully saturated rings. The molecule has 0 bridgehead atoms.